The van der Waals surface area contributed by atoms with Crippen LogP contribution in [-0.4, -0.2) is 14.6 Å². The maximum atomic E-state index is 5.47. The molecule has 2 aromatic heterocycles. The van der Waals surface area contributed by atoms with Crippen molar-refractivity contribution in [3.8, 4) is 11.3 Å². The largest absolute Gasteiger partial charge is 0.368 e. The summed E-state index contributed by atoms with van der Waals surface area (Å²) in [4.78, 5) is 6.97. The summed E-state index contributed by atoms with van der Waals surface area (Å²) in [5.74, 6) is 5.78. The molecule has 0 radical (unpaired) electrons. The second-order valence-corrected chi connectivity index (χ2v) is 2.49. The average molecular weight is 163 g/mol. The molecule has 0 aliphatic carbocycles. The van der Waals surface area contributed by atoms with Gasteiger partial charge in [-0.1, -0.05) is 0 Å². The highest BCUT2D eigenvalue weighted by molar-refractivity contribution is 5.59. The first kappa shape index (κ1) is 6.78. The minimum absolute atomic E-state index is 0.311. The SMILES string of the molecule is Nc1nc(-c2cc[nH]c2)cn1N. The number of hydrogen-bond donors (Lipinski definition) is 3. The predicted molar refractivity (Wildman–Crippen MR) is 46.6 cm³/mol. The van der Waals surface area contributed by atoms with E-state index in [9.17, 15) is 0 Å². The number of H-pyrrole nitrogens is 1. The monoisotopic (exact) mass is 163 g/mol. The summed E-state index contributed by atoms with van der Waals surface area (Å²) < 4.78 is 1.29. The van der Waals surface area contributed by atoms with Crippen molar-refractivity contribution in [1.29, 1.82) is 0 Å². The number of anilines is 1. The summed E-state index contributed by atoms with van der Waals surface area (Å²) >= 11 is 0. The Labute approximate surface area is 69.0 Å². The van der Waals surface area contributed by atoms with Crippen LogP contribution in [0, 0.1) is 0 Å². The van der Waals surface area contributed by atoms with E-state index in [4.69, 9.17) is 11.6 Å². The molecule has 0 aromatic carbocycles. The molecular formula is C7H9N5. The van der Waals surface area contributed by atoms with E-state index in [0.29, 0.717) is 5.95 Å². The Morgan fingerprint density at radius 2 is 2.33 bits per heavy atom. The van der Waals surface area contributed by atoms with E-state index in [0.717, 1.165) is 11.3 Å². The van der Waals surface area contributed by atoms with E-state index < -0.39 is 0 Å². The third-order valence-corrected chi connectivity index (χ3v) is 1.65. The van der Waals surface area contributed by atoms with Gasteiger partial charge in [-0.25, -0.2) is 9.66 Å². The van der Waals surface area contributed by atoms with E-state index in [2.05, 4.69) is 9.97 Å². The summed E-state index contributed by atoms with van der Waals surface area (Å²) in [7, 11) is 0. The second-order valence-electron chi connectivity index (χ2n) is 2.49. The highest BCUT2D eigenvalue weighted by Crippen LogP contribution is 2.16. The van der Waals surface area contributed by atoms with Crippen LogP contribution in [0.15, 0.2) is 24.7 Å². The Bertz CT molecular complexity index is 353. The quantitative estimate of drug-likeness (QED) is 0.524. The van der Waals surface area contributed by atoms with Crippen molar-refractivity contribution in [2.45, 2.75) is 0 Å². The van der Waals surface area contributed by atoms with E-state index in [1.807, 2.05) is 18.5 Å². The van der Waals surface area contributed by atoms with Crippen LogP contribution in [0.1, 0.15) is 0 Å². The van der Waals surface area contributed by atoms with Crippen molar-refractivity contribution in [1.82, 2.24) is 14.6 Å². The molecule has 0 unspecified atom stereocenters. The summed E-state index contributed by atoms with van der Waals surface area (Å²) in [6.07, 6.45) is 5.33. The van der Waals surface area contributed by atoms with Gasteiger partial charge in [-0.3, -0.25) is 0 Å². The topological polar surface area (TPSA) is 85.6 Å². The predicted octanol–water partition coefficient (Wildman–Crippen LogP) is 0.174. The molecule has 5 nitrogen and oxygen atoms in total. The fraction of sp³-hybridized carbons (Fsp3) is 0. The van der Waals surface area contributed by atoms with Gasteiger partial charge in [0.1, 0.15) is 0 Å². The first-order valence-corrected chi connectivity index (χ1v) is 3.50. The minimum Gasteiger partial charge on any atom is -0.368 e. The number of hydrogen-bond acceptors (Lipinski definition) is 3. The van der Waals surface area contributed by atoms with Gasteiger partial charge in [0, 0.05) is 18.0 Å². The van der Waals surface area contributed by atoms with Crippen molar-refractivity contribution < 1.29 is 0 Å². The minimum atomic E-state index is 0.311. The van der Waals surface area contributed by atoms with Crippen molar-refractivity contribution in [3.63, 3.8) is 0 Å². The third kappa shape index (κ3) is 0.914. The van der Waals surface area contributed by atoms with Crippen LogP contribution in [0.2, 0.25) is 0 Å². The third-order valence-electron chi connectivity index (χ3n) is 1.65. The lowest BCUT2D eigenvalue weighted by molar-refractivity contribution is 1.02. The number of rotatable bonds is 1. The molecule has 5 N–H and O–H groups in total. The van der Waals surface area contributed by atoms with E-state index >= 15 is 0 Å². The van der Waals surface area contributed by atoms with Crippen LogP contribution in [0.5, 0.6) is 0 Å². The van der Waals surface area contributed by atoms with Gasteiger partial charge in [0.05, 0.1) is 11.9 Å². The lowest BCUT2D eigenvalue weighted by Crippen LogP contribution is -2.09. The van der Waals surface area contributed by atoms with E-state index in [1.54, 1.807) is 6.20 Å². The van der Waals surface area contributed by atoms with Crippen LogP contribution in [-0.2, 0) is 0 Å². The van der Waals surface area contributed by atoms with Gasteiger partial charge in [-0.15, -0.1) is 0 Å². The molecule has 2 rings (SSSR count). The molecule has 5 heteroatoms. The smallest absolute Gasteiger partial charge is 0.219 e. The molecule has 0 aliphatic rings. The fourth-order valence-electron chi connectivity index (χ4n) is 1.03. The Morgan fingerprint density at radius 1 is 1.50 bits per heavy atom. The number of imidazole rings is 1. The molecule has 0 saturated heterocycles. The zero-order valence-corrected chi connectivity index (χ0v) is 6.36. The number of aromatic nitrogens is 3. The summed E-state index contributed by atoms with van der Waals surface area (Å²) in [6.45, 7) is 0. The van der Waals surface area contributed by atoms with Crippen LogP contribution >= 0.6 is 0 Å². The summed E-state index contributed by atoms with van der Waals surface area (Å²) in [6, 6.07) is 1.90. The Kier molecular flexibility index (Phi) is 1.30. The first-order valence-electron chi connectivity index (χ1n) is 3.50. The maximum Gasteiger partial charge on any atom is 0.219 e. The van der Waals surface area contributed by atoms with E-state index in [-0.39, 0.29) is 0 Å². The van der Waals surface area contributed by atoms with Crippen LogP contribution in [0.25, 0.3) is 11.3 Å². The maximum absolute atomic E-state index is 5.47. The fourth-order valence-corrected chi connectivity index (χ4v) is 1.03. The van der Waals surface area contributed by atoms with Crippen molar-refractivity contribution in [2.24, 2.45) is 0 Å². The number of nitrogens with two attached hydrogens (primary N) is 2. The van der Waals surface area contributed by atoms with Crippen LogP contribution in [0.4, 0.5) is 5.95 Å². The van der Waals surface area contributed by atoms with Crippen molar-refractivity contribution >= 4 is 5.95 Å². The highest BCUT2D eigenvalue weighted by atomic mass is 15.3. The van der Waals surface area contributed by atoms with Crippen LogP contribution < -0.4 is 11.6 Å². The number of aromatic amines is 1. The van der Waals surface area contributed by atoms with Gasteiger partial charge in [-0.05, 0) is 6.07 Å². The lowest BCUT2D eigenvalue weighted by atomic mass is 10.3. The first-order chi connectivity index (χ1) is 5.77. The average Bonchev–Trinajstić information content (AvgIpc) is 2.61. The second kappa shape index (κ2) is 2.30. The van der Waals surface area contributed by atoms with E-state index in [1.165, 1.54) is 4.68 Å². The summed E-state index contributed by atoms with van der Waals surface area (Å²) in [5, 5.41) is 0. The molecule has 2 aromatic rings. The number of nitrogen functional groups attached to an aromatic ring is 2. The van der Waals surface area contributed by atoms with Crippen LogP contribution in [0.3, 0.4) is 0 Å². The highest BCUT2D eigenvalue weighted by Gasteiger charge is 2.04. The van der Waals surface area contributed by atoms with Gasteiger partial charge in [0.25, 0.3) is 0 Å². The molecule has 62 valence electrons. The Hall–Kier alpha value is -1.91. The Morgan fingerprint density at radius 3 is 2.83 bits per heavy atom. The van der Waals surface area contributed by atoms with Gasteiger partial charge in [-0.2, -0.15) is 0 Å². The van der Waals surface area contributed by atoms with Gasteiger partial charge in [0.15, 0.2) is 0 Å². The summed E-state index contributed by atoms with van der Waals surface area (Å²) in [5.41, 5.74) is 7.22. The molecule has 0 atom stereocenters. The molecule has 0 fully saturated rings. The van der Waals surface area contributed by atoms with Crippen molar-refractivity contribution in [3.05, 3.63) is 24.7 Å². The molecule has 2 heterocycles. The zero-order valence-electron chi connectivity index (χ0n) is 6.36. The molecule has 0 bridgehead atoms. The van der Waals surface area contributed by atoms with Gasteiger partial charge < -0.3 is 16.6 Å². The Balaban J connectivity index is 2.48. The normalized spacial score (nSPS) is 10.3. The van der Waals surface area contributed by atoms with Gasteiger partial charge >= 0.3 is 0 Å². The molecule has 0 spiro atoms. The molecular weight excluding hydrogens is 154 g/mol. The van der Waals surface area contributed by atoms with Gasteiger partial charge in [0.2, 0.25) is 5.95 Å². The van der Waals surface area contributed by atoms with Crippen molar-refractivity contribution in [2.75, 3.05) is 11.6 Å². The number of nitrogens with one attached hydrogen (secondary N) is 1. The standard InChI is InChI=1S/C7H9N5/c8-7-11-6(4-12(7)9)5-1-2-10-3-5/h1-4,10H,9H2,(H2,8,11). The lowest BCUT2D eigenvalue weighted by Gasteiger charge is -1.88. The molecule has 0 aliphatic heterocycles. The zero-order chi connectivity index (χ0) is 8.55. The molecule has 0 amide bonds. The molecule has 12 heavy (non-hydrogen) atoms. The number of nitrogens with zero attached hydrogens (tertiary/aromatic N) is 2. The molecule has 0 saturated carbocycles.